The molecule has 2 aromatic heterocycles. The van der Waals surface area contributed by atoms with Crippen LogP contribution in [0.25, 0.3) is 11.4 Å². The maximum atomic E-state index is 13.2. The minimum absolute atomic E-state index is 0.0302. The van der Waals surface area contributed by atoms with E-state index in [1.165, 1.54) is 0 Å². The Labute approximate surface area is 163 Å². The number of hydrogen-bond acceptors (Lipinski definition) is 5. The van der Waals surface area contributed by atoms with Crippen molar-refractivity contribution in [3.05, 3.63) is 60.0 Å². The molecule has 28 heavy (non-hydrogen) atoms. The minimum Gasteiger partial charge on any atom is -0.481 e. The molecule has 0 spiro atoms. The molecule has 1 aromatic carbocycles. The van der Waals surface area contributed by atoms with E-state index in [4.69, 9.17) is 4.74 Å². The van der Waals surface area contributed by atoms with Gasteiger partial charge in [0.25, 0.3) is 5.91 Å². The highest BCUT2D eigenvalue weighted by atomic mass is 16.5. The molecular formula is C21H21N5O2. The highest BCUT2D eigenvalue weighted by molar-refractivity contribution is 5.94. The Balaban J connectivity index is 1.46. The molecule has 0 aliphatic carbocycles. The highest BCUT2D eigenvalue weighted by Crippen LogP contribution is 2.34. The number of carbonyl (C=O) groups excluding carboxylic acids is 1. The van der Waals surface area contributed by atoms with E-state index in [9.17, 15) is 4.79 Å². The quantitative estimate of drug-likeness (QED) is 0.703. The Morgan fingerprint density at radius 3 is 2.64 bits per heavy atom. The second-order valence-electron chi connectivity index (χ2n) is 7.31. The number of methoxy groups -OCH3 is 1. The Bertz CT molecular complexity index is 999. The molecule has 0 N–H and O–H groups in total. The molecule has 1 fully saturated rings. The summed E-state index contributed by atoms with van der Waals surface area (Å²) in [6, 6.07) is 13.9. The molecule has 3 aromatic rings. The highest BCUT2D eigenvalue weighted by Gasteiger charge is 2.41. The normalized spacial score (nSPS) is 20.5. The van der Waals surface area contributed by atoms with Crippen molar-refractivity contribution in [3.63, 3.8) is 0 Å². The van der Waals surface area contributed by atoms with Crippen molar-refractivity contribution in [1.29, 1.82) is 0 Å². The SMILES string of the molecule is COc1ccc(C(=O)N2C3CCC2Cn2c(nnc2-c2ccccc2)C3)cn1. The van der Waals surface area contributed by atoms with Gasteiger partial charge in [-0.05, 0) is 18.9 Å². The van der Waals surface area contributed by atoms with Gasteiger partial charge < -0.3 is 14.2 Å². The molecular weight excluding hydrogens is 354 g/mol. The van der Waals surface area contributed by atoms with Crippen molar-refractivity contribution in [2.45, 2.75) is 37.9 Å². The first-order valence-electron chi connectivity index (χ1n) is 9.55. The number of nitrogens with zero attached hydrogens (tertiary/aromatic N) is 5. The van der Waals surface area contributed by atoms with Gasteiger partial charge in [-0.1, -0.05) is 30.3 Å². The lowest BCUT2D eigenvalue weighted by Crippen LogP contribution is -2.42. The van der Waals surface area contributed by atoms with Gasteiger partial charge in [-0.15, -0.1) is 10.2 Å². The van der Waals surface area contributed by atoms with Crippen molar-refractivity contribution < 1.29 is 9.53 Å². The van der Waals surface area contributed by atoms with Crippen LogP contribution in [0.15, 0.2) is 48.7 Å². The first-order valence-corrected chi connectivity index (χ1v) is 9.55. The van der Waals surface area contributed by atoms with E-state index in [0.29, 0.717) is 11.4 Å². The average molecular weight is 375 g/mol. The largest absolute Gasteiger partial charge is 0.481 e. The summed E-state index contributed by atoms with van der Waals surface area (Å²) < 4.78 is 7.29. The number of fused-ring (bicyclic) bond motifs is 3. The summed E-state index contributed by atoms with van der Waals surface area (Å²) in [5, 5.41) is 8.89. The summed E-state index contributed by atoms with van der Waals surface area (Å²) in [6.45, 7) is 0.721. The molecule has 0 saturated carbocycles. The van der Waals surface area contributed by atoms with Crippen molar-refractivity contribution in [2.24, 2.45) is 0 Å². The van der Waals surface area contributed by atoms with Crippen LogP contribution in [0.5, 0.6) is 5.88 Å². The monoisotopic (exact) mass is 375 g/mol. The number of ether oxygens (including phenoxy) is 1. The van der Waals surface area contributed by atoms with E-state index < -0.39 is 0 Å². The lowest BCUT2D eigenvalue weighted by molar-refractivity contribution is 0.0665. The number of amides is 1. The van der Waals surface area contributed by atoms with Crippen LogP contribution in [0, 0.1) is 0 Å². The Hall–Kier alpha value is -3.22. The predicted molar refractivity (Wildman–Crippen MR) is 103 cm³/mol. The van der Waals surface area contributed by atoms with E-state index in [1.807, 2.05) is 35.2 Å². The number of hydrogen-bond donors (Lipinski definition) is 0. The third-order valence-corrected chi connectivity index (χ3v) is 5.72. The average Bonchev–Trinajstić information content (AvgIpc) is 3.27. The Morgan fingerprint density at radius 2 is 1.89 bits per heavy atom. The van der Waals surface area contributed by atoms with E-state index in [1.54, 1.807) is 25.4 Å². The fourth-order valence-corrected chi connectivity index (χ4v) is 4.35. The Morgan fingerprint density at radius 1 is 1.07 bits per heavy atom. The summed E-state index contributed by atoms with van der Waals surface area (Å²) in [7, 11) is 1.57. The zero-order valence-electron chi connectivity index (χ0n) is 15.7. The Kier molecular flexibility index (Phi) is 4.07. The van der Waals surface area contributed by atoms with Gasteiger partial charge in [0.05, 0.1) is 18.7 Å². The summed E-state index contributed by atoms with van der Waals surface area (Å²) in [5.74, 6) is 2.37. The smallest absolute Gasteiger partial charge is 0.255 e. The molecule has 2 atom stereocenters. The zero-order valence-corrected chi connectivity index (χ0v) is 15.7. The molecule has 7 nitrogen and oxygen atoms in total. The fraction of sp³-hybridized carbons (Fsp3) is 0.333. The predicted octanol–water partition coefficient (Wildman–Crippen LogP) is 2.58. The van der Waals surface area contributed by atoms with Crippen LogP contribution < -0.4 is 4.74 Å². The molecule has 2 aliphatic rings. The van der Waals surface area contributed by atoms with E-state index >= 15 is 0 Å². The van der Waals surface area contributed by atoms with Crippen molar-refractivity contribution in [1.82, 2.24) is 24.6 Å². The molecule has 2 bridgehead atoms. The van der Waals surface area contributed by atoms with Crippen LogP contribution in [-0.4, -0.2) is 49.7 Å². The molecule has 2 aliphatic heterocycles. The van der Waals surface area contributed by atoms with Crippen LogP contribution in [0.4, 0.5) is 0 Å². The molecule has 4 heterocycles. The van der Waals surface area contributed by atoms with Crippen LogP contribution in [0.3, 0.4) is 0 Å². The lowest BCUT2D eigenvalue weighted by Gasteiger charge is -2.28. The summed E-state index contributed by atoms with van der Waals surface area (Å²) in [4.78, 5) is 19.5. The van der Waals surface area contributed by atoms with Gasteiger partial charge >= 0.3 is 0 Å². The standard InChI is InChI=1S/C21H21N5O2/c1-28-19-10-7-15(12-22-19)21(27)26-16-8-9-17(26)13-25-18(11-16)23-24-20(25)14-5-3-2-4-6-14/h2-7,10,12,16-17H,8-9,11,13H2,1H3. The number of pyridine rings is 1. The number of rotatable bonds is 3. The molecule has 0 radical (unpaired) electrons. The van der Waals surface area contributed by atoms with Crippen LogP contribution in [0.2, 0.25) is 0 Å². The van der Waals surface area contributed by atoms with E-state index in [-0.39, 0.29) is 18.0 Å². The second kappa shape index (κ2) is 6.74. The van der Waals surface area contributed by atoms with Crippen molar-refractivity contribution >= 4 is 5.91 Å². The van der Waals surface area contributed by atoms with E-state index in [2.05, 4.69) is 19.7 Å². The third-order valence-electron chi connectivity index (χ3n) is 5.72. The van der Waals surface area contributed by atoms with Crippen LogP contribution in [-0.2, 0) is 13.0 Å². The van der Waals surface area contributed by atoms with Gasteiger partial charge in [-0.25, -0.2) is 4.98 Å². The number of carbonyl (C=O) groups is 1. The van der Waals surface area contributed by atoms with Crippen LogP contribution >= 0.6 is 0 Å². The van der Waals surface area contributed by atoms with E-state index in [0.717, 1.165) is 43.0 Å². The second-order valence-corrected chi connectivity index (χ2v) is 7.31. The maximum absolute atomic E-state index is 13.2. The minimum atomic E-state index is 0.0302. The summed E-state index contributed by atoms with van der Waals surface area (Å²) in [6.07, 6.45) is 4.31. The topological polar surface area (TPSA) is 73.1 Å². The molecule has 1 amide bonds. The van der Waals surface area contributed by atoms with Crippen molar-refractivity contribution in [3.8, 4) is 17.3 Å². The van der Waals surface area contributed by atoms with Gasteiger partial charge in [0.2, 0.25) is 5.88 Å². The molecule has 142 valence electrons. The molecule has 1 saturated heterocycles. The summed E-state index contributed by atoms with van der Waals surface area (Å²) in [5.41, 5.74) is 1.65. The zero-order chi connectivity index (χ0) is 19.1. The number of benzene rings is 1. The first kappa shape index (κ1) is 16.9. The maximum Gasteiger partial charge on any atom is 0.255 e. The first-order chi connectivity index (χ1) is 13.7. The van der Waals surface area contributed by atoms with Gasteiger partial charge in [-0.3, -0.25) is 4.79 Å². The fourth-order valence-electron chi connectivity index (χ4n) is 4.35. The van der Waals surface area contributed by atoms with Gasteiger partial charge in [-0.2, -0.15) is 0 Å². The molecule has 2 unspecified atom stereocenters. The van der Waals surface area contributed by atoms with Gasteiger partial charge in [0, 0.05) is 36.8 Å². The van der Waals surface area contributed by atoms with Gasteiger partial charge in [0.15, 0.2) is 5.82 Å². The molecule has 7 heteroatoms. The van der Waals surface area contributed by atoms with Crippen molar-refractivity contribution in [2.75, 3.05) is 7.11 Å². The third kappa shape index (κ3) is 2.74. The van der Waals surface area contributed by atoms with Crippen LogP contribution in [0.1, 0.15) is 29.0 Å². The molecule has 5 rings (SSSR count). The summed E-state index contributed by atoms with van der Waals surface area (Å²) >= 11 is 0. The van der Waals surface area contributed by atoms with Gasteiger partial charge in [0.1, 0.15) is 5.82 Å². The number of aromatic nitrogens is 4. The lowest BCUT2D eigenvalue weighted by atomic mass is 10.1.